The van der Waals surface area contributed by atoms with E-state index in [1.165, 1.54) is 6.33 Å². The first-order valence-electron chi connectivity index (χ1n) is 9.77. The van der Waals surface area contributed by atoms with Gasteiger partial charge in [0.05, 0.1) is 21.1 Å². The van der Waals surface area contributed by atoms with E-state index in [0.717, 1.165) is 46.1 Å². The van der Waals surface area contributed by atoms with Gasteiger partial charge in [-0.1, -0.05) is 0 Å². The van der Waals surface area contributed by atoms with E-state index in [1.54, 1.807) is 22.3 Å². The fourth-order valence-corrected chi connectivity index (χ4v) is 4.51. The van der Waals surface area contributed by atoms with Crippen LogP contribution in [-0.4, -0.2) is 48.9 Å². The van der Waals surface area contributed by atoms with Gasteiger partial charge >= 0.3 is 0 Å². The van der Waals surface area contributed by atoms with E-state index >= 15 is 0 Å². The summed E-state index contributed by atoms with van der Waals surface area (Å²) in [5.74, 6) is 1.28. The summed E-state index contributed by atoms with van der Waals surface area (Å²) in [6, 6.07) is 9.64. The lowest BCUT2D eigenvalue weighted by molar-refractivity contribution is -0.120. The molecule has 1 unspecified atom stereocenters. The van der Waals surface area contributed by atoms with Gasteiger partial charge in [-0.15, -0.1) is 21.5 Å². The number of carbonyl (C=O) groups excluding carboxylic acids is 1. The summed E-state index contributed by atoms with van der Waals surface area (Å²) in [6.07, 6.45) is 4.81. The van der Waals surface area contributed by atoms with Crippen LogP contribution in [0.4, 0.5) is 11.5 Å². The summed E-state index contributed by atoms with van der Waals surface area (Å²) >= 11 is 1.65. The Labute approximate surface area is 176 Å². The van der Waals surface area contributed by atoms with Gasteiger partial charge < -0.3 is 10.2 Å². The molecular formula is C20H20N8OS. The van der Waals surface area contributed by atoms with Gasteiger partial charge in [0.25, 0.3) is 0 Å². The Bertz CT molecular complexity index is 1170. The highest BCUT2D eigenvalue weighted by molar-refractivity contribution is 7.18. The zero-order chi connectivity index (χ0) is 20.5. The molecule has 0 aliphatic carbocycles. The average Bonchev–Trinajstić information content (AvgIpc) is 3.43. The summed E-state index contributed by atoms with van der Waals surface area (Å²) in [4.78, 5) is 23.4. The number of aryl methyl sites for hydroxylation is 1. The Morgan fingerprint density at radius 3 is 2.87 bits per heavy atom. The molecule has 1 aliphatic rings. The lowest BCUT2D eigenvalue weighted by Crippen LogP contribution is -2.41. The van der Waals surface area contributed by atoms with Crippen LogP contribution in [0.2, 0.25) is 0 Å². The van der Waals surface area contributed by atoms with Crippen LogP contribution >= 0.6 is 11.3 Å². The second-order valence-electron chi connectivity index (χ2n) is 7.28. The number of nitrogens with zero attached hydrogens (tertiary/aromatic N) is 7. The van der Waals surface area contributed by atoms with Crippen molar-refractivity contribution in [2.24, 2.45) is 5.92 Å². The molecule has 30 heavy (non-hydrogen) atoms. The molecule has 10 heteroatoms. The summed E-state index contributed by atoms with van der Waals surface area (Å²) in [5, 5.41) is 16.7. The Morgan fingerprint density at radius 1 is 1.20 bits per heavy atom. The summed E-state index contributed by atoms with van der Waals surface area (Å²) in [6.45, 7) is 3.45. The van der Waals surface area contributed by atoms with Crippen LogP contribution in [0.3, 0.4) is 0 Å². The van der Waals surface area contributed by atoms with E-state index in [-0.39, 0.29) is 11.8 Å². The molecule has 0 spiro atoms. The molecule has 1 fully saturated rings. The van der Waals surface area contributed by atoms with Crippen molar-refractivity contribution in [3.05, 3.63) is 48.0 Å². The third kappa shape index (κ3) is 3.73. The van der Waals surface area contributed by atoms with Gasteiger partial charge in [0.15, 0.2) is 11.6 Å². The number of thiazole rings is 1. The van der Waals surface area contributed by atoms with E-state index < -0.39 is 0 Å². The van der Waals surface area contributed by atoms with Crippen LogP contribution in [0.15, 0.2) is 43.0 Å². The van der Waals surface area contributed by atoms with Crippen molar-refractivity contribution in [3.63, 3.8) is 0 Å². The number of rotatable bonds is 4. The van der Waals surface area contributed by atoms with E-state index in [2.05, 4.69) is 35.5 Å². The molecule has 1 aliphatic heterocycles. The van der Waals surface area contributed by atoms with Gasteiger partial charge in [-0.3, -0.25) is 4.79 Å². The predicted octanol–water partition coefficient (Wildman–Crippen LogP) is 2.83. The van der Waals surface area contributed by atoms with Crippen molar-refractivity contribution in [2.75, 3.05) is 23.3 Å². The fourth-order valence-electron chi connectivity index (χ4n) is 3.70. The van der Waals surface area contributed by atoms with Crippen molar-refractivity contribution in [1.82, 2.24) is 29.9 Å². The molecule has 1 atom stereocenters. The number of nitrogens with one attached hydrogen (secondary N) is 1. The number of carbonyl (C=O) groups is 1. The molecule has 1 aromatic carbocycles. The maximum Gasteiger partial charge on any atom is 0.229 e. The van der Waals surface area contributed by atoms with Crippen molar-refractivity contribution in [2.45, 2.75) is 19.8 Å². The van der Waals surface area contributed by atoms with Gasteiger partial charge in [0.1, 0.15) is 12.7 Å². The molecule has 0 radical (unpaired) electrons. The second-order valence-corrected chi connectivity index (χ2v) is 8.51. The van der Waals surface area contributed by atoms with E-state index in [4.69, 9.17) is 0 Å². The number of amides is 1. The predicted molar refractivity (Wildman–Crippen MR) is 115 cm³/mol. The minimum atomic E-state index is -0.108. The third-order valence-electron chi connectivity index (χ3n) is 5.17. The SMILES string of the molecule is Cc1nc2cc(NC(=O)C3CCCN(c4ccc(-n5cncn5)nn4)C3)ccc2s1. The molecule has 4 heterocycles. The number of aromatic nitrogens is 6. The summed E-state index contributed by atoms with van der Waals surface area (Å²) < 4.78 is 2.69. The molecule has 1 saturated heterocycles. The molecule has 3 aromatic heterocycles. The Kier molecular flexibility index (Phi) is 4.83. The highest BCUT2D eigenvalue weighted by Gasteiger charge is 2.27. The maximum atomic E-state index is 12.9. The first-order chi connectivity index (χ1) is 14.7. The Hall–Kier alpha value is -3.40. The van der Waals surface area contributed by atoms with Crippen molar-refractivity contribution in [3.8, 4) is 5.82 Å². The average molecular weight is 421 g/mol. The van der Waals surface area contributed by atoms with Gasteiger partial charge in [-0.05, 0) is 50.1 Å². The van der Waals surface area contributed by atoms with Crippen LogP contribution in [0, 0.1) is 12.8 Å². The molecule has 152 valence electrons. The van der Waals surface area contributed by atoms with Crippen molar-refractivity contribution < 1.29 is 4.79 Å². The normalized spacial score (nSPS) is 16.7. The lowest BCUT2D eigenvalue weighted by Gasteiger charge is -2.32. The quantitative estimate of drug-likeness (QED) is 0.542. The lowest BCUT2D eigenvalue weighted by atomic mass is 9.97. The molecule has 5 rings (SSSR count). The molecule has 1 N–H and O–H groups in total. The van der Waals surface area contributed by atoms with Gasteiger partial charge in [0, 0.05) is 18.8 Å². The number of piperidine rings is 1. The topological polar surface area (TPSA) is 102 Å². The van der Waals surface area contributed by atoms with Crippen LogP contribution in [0.5, 0.6) is 0 Å². The molecule has 4 aromatic rings. The fraction of sp³-hybridized carbons (Fsp3) is 0.300. The Morgan fingerprint density at radius 2 is 2.07 bits per heavy atom. The first kappa shape index (κ1) is 18.6. The van der Waals surface area contributed by atoms with Gasteiger partial charge in [-0.2, -0.15) is 5.10 Å². The zero-order valence-electron chi connectivity index (χ0n) is 16.4. The summed E-state index contributed by atoms with van der Waals surface area (Å²) in [5.41, 5.74) is 1.70. The highest BCUT2D eigenvalue weighted by Crippen LogP contribution is 2.26. The van der Waals surface area contributed by atoms with Gasteiger partial charge in [-0.25, -0.2) is 14.6 Å². The van der Waals surface area contributed by atoms with Crippen LogP contribution in [-0.2, 0) is 4.79 Å². The molecule has 0 saturated carbocycles. The number of hydrogen-bond acceptors (Lipinski definition) is 8. The second kappa shape index (κ2) is 7.79. The van der Waals surface area contributed by atoms with E-state index in [9.17, 15) is 4.79 Å². The molecule has 0 bridgehead atoms. The highest BCUT2D eigenvalue weighted by atomic mass is 32.1. The number of anilines is 2. The Balaban J connectivity index is 1.26. The third-order valence-corrected chi connectivity index (χ3v) is 6.12. The molecule has 1 amide bonds. The maximum absolute atomic E-state index is 12.9. The standard InChI is InChI=1S/C20H20N8OS/c1-13-23-16-9-15(4-5-17(16)30-13)24-20(29)14-3-2-8-27(10-14)18-6-7-19(26-25-18)28-12-21-11-22-28/h4-7,9,11-12,14H,2-3,8,10H2,1H3,(H,24,29). The molecule has 9 nitrogen and oxygen atoms in total. The zero-order valence-corrected chi connectivity index (χ0v) is 17.2. The first-order valence-corrected chi connectivity index (χ1v) is 10.6. The number of benzene rings is 1. The number of fused-ring (bicyclic) bond motifs is 1. The summed E-state index contributed by atoms with van der Waals surface area (Å²) in [7, 11) is 0. The largest absolute Gasteiger partial charge is 0.354 e. The smallest absolute Gasteiger partial charge is 0.229 e. The monoisotopic (exact) mass is 420 g/mol. The van der Waals surface area contributed by atoms with Gasteiger partial charge in [0.2, 0.25) is 5.91 Å². The minimum absolute atomic E-state index is 0.0261. The van der Waals surface area contributed by atoms with Crippen LogP contribution in [0.1, 0.15) is 17.8 Å². The minimum Gasteiger partial charge on any atom is -0.354 e. The van der Waals surface area contributed by atoms with E-state index in [0.29, 0.717) is 12.4 Å². The van der Waals surface area contributed by atoms with E-state index in [1.807, 2.05) is 37.3 Å². The molecular weight excluding hydrogens is 400 g/mol. The number of hydrogen-bond donors (Lipinski definition) is 1. The van der Waals surface area contributed by atoms with Crippen molar-refractivity contribution in [1.29, 1.82) is 0 Å². The van der Waals surface area contributed by atoms with Crippen LogP contribution < -0.4 is 10.2 Å². The van der Waals surface area contributed by atoms with Crippen LogP contribution in [0.25, 0.3) is 16.0 Å². The van der Waals surface area contributed by atoms with Crippen molar-refractivity contribution >= 4 is 39.0 Å².